The first-order chi connectivity index (χ1) is 16.3. The molecule has 0 atom stereocenters. The molecular weight excluding hydrogens is 458 g/mol. The van der Waals surface area contributed by atoms with Gasteiger partial charge in [0.25, 0.3) is 10.0 Å². The highest BCUT2D eigenvalue weighted by Crippen LogP contribution is 2.31. The Kier molecular flexibility index (Phi) is 9.14. The fourth-order valence-electron chi connectivity index (χ4n) is 3.71. The molecule has 1 aliphatic rings. The van der Waals surface area contributed by atoms with Gasteiger partial charge in [0, 0.05) is 19.6 Å². The van der Waals surface area contributed by atoms with E-state index in [1.54, 1.807) is 49.4 Å². The number of sulfonamides is 1. The summed E-state index contributed by atoms with van der Waals surface area (Å²) in [6.45, 7) is 5.98. The number of hydrogen-bond acceptors (Lipinski definition) is 7. The minimum absolute atomic E-state index is 0.00550. The molecule has 2 aromatic carbocycles. The molecule has 10 heteroatoms. The molecule has 34 heavy (non-hydrogen) atoms. The number of carbonyl (C=O) groups is 1. The molecule has 186 valence electrons. The molecule has 3 rings (SSSR count). The lowest BCUT2D eigenvalue weighted by Gasteiger charge is -2.27. The Bertz CT molecular complexity index is 1050. The van der Waals surface area contributed by atoms with Gasteiger partial charge in [-0.15, -0.1) is 0 Å². The van der Waals surface area contributed by atoms with Crippen molar-refractivity contribution in [2.45, 2.75) is 18.2 Å². The van der Waals surface area contributed by atoms with E-state index in [0.717, 1.165) is 49.1 Å². The highest BCUT2D eigenvalue weighted by Gasteiger charge is 2.30. The molecule has 1 fully saturated rings. The maximum Gasteiger partial charge on any atom is 0.268 e. The van der Waals surface area contributed by atoms with E-state index < -0.39 is 10.0 Å². The van der Waals surface area contributed by atoms with Crippen LogP contribution in [0, 0.1) is 6.92 Å². The number of anilines is 1. The van der Waals surface area contributed by atoms with Gasteiger partial charge in [0.1, 0.15) is 22.9 Å². The van der Waals surface area contributed by atoms with Crippen molar-refractivity contribution >= 4 is 21.6 Å². The maximum atomic E-state index is 13.7. The summed E-state index contributed by atoms with van der Waals surface area (Å²) < 4.78 is 44.4. The zero-order valence-electron chi connectivity index (χ0n) is 20.0. The SMILES string of the molecule is COc1ccc(N(CC(=O)NCCCN2CCOCC2)S(=O)(=O)c2cc(C)ccc2OC)cc1. The van der Waals surface area contributed by atoms with Gasteiger partial charge in [0.05, 0.1) is 33.1 Å². The summed E-state index contributed by atoms with van der Waals surface area (Å²) >= 11 is 0. The third-order valence-electron chi connectivity index (χ3n) is 5.61. The van der Waals surface area contributed by atoms with Crippen molar-refractivity contribution in [3.63, 3.8) is 0 Å². The van der Waals surface area contributed by atoms with Gasteiger partial charge < -0.3 is 19.5 Å². The summed E-state index contributed by atoms with van der Waals surface area (Å²) in [6, 6.07) is 11.5. The Hall–Kier alpha value is -2.82. The predicted octanol–water partition coefficient (Wildman–Crippen LogP) is 2.05. The van der Waals surface area contributed by atoms with E-state index in [1.165, 1.54) is 14.2 Å². The van der Waals surface area contributed by atoms with Gasteiger partial charge in [-0.25, -0.2) is 8.42 Å². The van der Waals surface area contributed by atoms with E-state index in [9.17, 15) is 13.2 Å². The quantitative estimate of drug-likeness (QED) is 0.481. The number of amides is 1. The zero-order chi connectivity index (χ0) is 24.6. The highest BCUT2D eigenvalue weighted by atomic mass is 32.2. The van der Waals surface area contributed by atoms with E-state index in [1.807, 2.05) is 0 Å². The molecule has 0 aromatic heterocycles. The fraction of sp³-hybridized carbons (Fsp3) is 0.458. The number of aryl methyl sites for hydroxylation is 1. The molecule has 1 saturated heterocycles. The van der Waals surface area contributed by atoms with Crippen LogP contribution in [-0.2, 0) is 19.6 Å². The zero-order valence-corrected chi connectivity index (χ0v) is 20.8. The average Bonchev–Trinajstić information content (AvgIpc) is 2.86. The Morgan fingerprint density at radius 1 is 1.09 bits per heavy atom. The van der Waals surface area contributed by atoms with Crippen molar-refractivity contribution in [1.82, 2.24) is 10.2 Å². The standard InChI is InChI=1S/C24H33N3O6S/c1-19-5-10-22(32-3)23(17-19)34(29,30)27(20-6-8-21(31-2)9-7-20)18-24(28)25-11-4-12-26-13-15-33-16-14-26/h5-10,17H,4,11-16,18H2,1-3H3,(H,25,28). The third kappa shape index (κ3) is 6.62. The van der Waals surface area contributed by atoms with Crippen LogP contribution in [0.25, 0.3) is 0 Å². The smallest absolute Gasteiger partial charge is 0.268 e. The minimum Gasteiger partial charge on any atom is -0.497 e. The van der Waals surface area contributed by atoms with Crippen LogP contribution in [0.4, 0.5) is 5.69 Å². The van der Waals surface area contributed by atoms with Crippen molar-refractivity contribution in [3.05, 3.63) is 48.0 Å². The molecule has 1 amide bonds. The van der Waals surface area contributed by atoms with E-state index in [0.29, 0.717) is 18.0 Å². The largest absolute Gasteiger partial charge is 0.497 e. The number of benzene rings is 2. The van der Waals surface area contributed by atoms with Gasteiger partial charge in [-0.3, -0.25) is 14.0 Å². The first-order valence-electron chi connectivity index (χ1n) is 11.2. The first kappa shape index (κ1) is 25.8. The van der Waals surface area contributed by atoms with Gasteiger partial charge >= 0.3 is 0 Å². The van der Waals surface area contributed by atoms with E-state index in [4.69, 9.17) is 14.2 Å². The first-order valence-corrected chi connectivity index (χ1v) is 12.7. The summed E-state index contributed by atoms with van der Waals surface area (Å²) in [4.78, 5) is 15.1. The van der Waals surface area contributed by atoms with Crippen LogP contribution in [0.1, 0.15) is 12.0 Å². The number of morpholine rings is 1. The average molecular weight is 492 g/mol. The Labute approximate surface area is 201 Å². The monoisotopic (exact) mass is 491 g/mol. The summed E-state index contributed by atoms with van der Waals surface area (Å²) in [6.07, 6.45) is 0.771. The lowest BCUT2D eigenvalue weighted by atomic mass is 10.2. The second kappa shape index (κ2) is 12.0. The van der Waals surface area contributed by atoms with Crippen LogP contribution in [0.5, 0.6) is 11.5 Å². The highest BCUT2D eigenvalue weighted by molar-refractivity contribution is 7.93. The number of rotatable bonds is 11. The number of nitrogens with zero attached hydrogens (tertiary/aromatic N) is 2. The lowest BCUT2D eigenvalue weighted by Crippen LogP contribution is -2.42. The number of nitrogens with one attached hydrogen (secondary N) is 1. The van der Waals surface area contributed by atoms with Crippen LogP contribution in [0.2, 0.25) is 0 Å². The molecule has 1 N–H and O–H groups in total. The van der Waals surface area contributed by atoms with E-state index in [-0.39, 0.29) is 23.1 Å². The van der Waals surface area contributed by atoms with Gasteiger partial charge in [-0.2, -0.15) is 0 Å². The molecule has 0 aliphatic carbocycles. The van der Waals surface area contributed by atoms with Crippen molar-refractivity contribution in [2.24, 2.45) is 0 Å². The maximum absolute atomic E-state index is 13.7. The van der Waals surface area contributed by atoms with Gasteiger partial charge in [0.2, 0.25) is 5.91 Å². The van der Waals surface area contributed by atoms with E-state index >= 15 is 0 Å². The molecule has 2 aromatic rings. The molecule has 0 bridgehead atoms. The van der Waals surface area contributed by atoms with Crippen LogP contribution in [-0.4, -0.2) is 79.4 Å². The van der Waals surface area contributed by atoms with Crippen molar-refractivity contribution < 1.29 is 27.4 Å². The topological polar surface area (TPSA) is 97.4 Å². The van der Waals surface area contributed by atoms with Crippen molar-refractivity contribution in [2.75, 3.05) is 64.5 Å². The van der Waals surface area contributed by atoms with Crippen molar-refractivity contribution in [3.8, 4) is 11.5 Å². The number of methoxy groups -OCH3 is 2. The Morgan fingerprint density at radius 2 is 1.79 bits per heavy atom. The lowest BCUT2D eigenvalue weighted by molar-refractivity contribution is -0.119. The molecule has 0 radical (unpaired) electrons. The predicted molar refractivity (Wildman–Crippen MR) is 130 cm³/mol. The molecule has 0 unspecified atom stereocenters. The van der Waals surface area contributed by atoms with Gasteiger partial charge in [0.15, 0.2) is 0 Å². The van der Waals surface area contributed by atoms with Crippen molar-refractivity contribution in [1.29, 1.82) is 0 Å². The number of ether oxygens (including phenoxy) is 3. The molecule has 1 aliphatic heterocycles. The van der Waals surface area contributed by atoms with E-state index in [2.05, 4.69) is 10.2 Å². The summed E-state index contributed by atoms with van der Waals surface area (Å²) in [5.74, 6) is 0.421. The summed E-state index contributed by atoms with van der Waals surface area (Å²) in [5.41, 5.74) is 1.12. The fourth-order valence-corrected chi connectivity index (χ4v) is 5.37. The number of hydrogen-bond donors (Lipinski definition) is 1. The second-order valence-corrected chi connectivity index (χ2v) is 9.85. The van der Waals surface area contributed by atoms with Crippen LogP contribution in [0.15, 0.2) is 47.4 Å². The molecule has 0 saturated carbocycles. The molecule has 9 nitrogen and oxygen atoms in total. The number of carbonyl (C=O) groups excluding carboxylic acids is 1. The van der Waals surface area contributed by atoms with Crippen LogP contribution >= 0.6 is 0 Å². The summed E-state index contributed by atoms with van der Waals surface area (Å²) in [7, 11) is -1.14. The van der Waals surface area contributed by atoms with Gasteiger partial charge in [-0.1, -0.05) is 6.07 Å². The minimum atomic E-state index is -4.10. The molecular formula is C24H33N3O6S. The Balaban J connectivity index is 1.77. The van der Waals surface area contributed by atoms with Crippen LogP contribution in [0.3, 0.4) is 0 Å². The molecule has 1 heterocycles. The summed E-state index contributed by atoms with van der Waals surface area (Å²) in [5, 5.41) is 2.85. The third-order valence-corrected chi connectivity index (χ3v) is 7.41. The normalized spacial score (nSPS) is 14.4. The second-order valence-electron chi connectivity index (χ2n) is 8.02. The Morgan fingerprint density at radius 3 is 2.44 bits per heavy atom. The van der Waals surface area contributed by atoms with Gasteiger partial charge in [-0.05, 0) is 61.9 Å². The van der Waals surface area contributed by atoms with Crippen LogP contribution < -0.4 is 19.1 Å². The molecule has 0 spiro atoms.